The highest BCUT2D eigenvalue weighted by Crippen LogP contribution is 2.13. The molecule has 96 valence electrons. The molecule has 0 fully saturated rings. The van der Waals surface area contributed by atoms with Crippen LogP contribution in [0.15, 0.2) is 0 Å². The van der Waals surface area contributed by atoms with Gasteiger partial charge in [-0.05, 0) is 47.1 Å². The summed E-state index contributed by atoms with van der Waals surface area (Å²) in [6.07, 6.45) is 1.65. The van der Waals surface area contributed by atoms with E-state index in [1.807, 2.05) is 34.6 Å². The largest absolute Gasteiger partial charge is 0.366 e. The predicted octanol–water partition coefficient (Wildman–Crippen LogP) is 1.44. The molecule has 4 nitrogen and oxygen atoms in total. The van der Waals surface area contributed by atoms with Gasteiger partial charge in [-0.25, -0.2) is 0 Å². The molecule has 1 unspecified atom stereocenters. The van der Waals surface area contributed by atoms with Crippen molar-refractivity contribution in [3.63, 3.8) is 0 Å². The van der Waals surface area contributed by atoms with Gasteiger partial charge < -0.3 is 15.8 Å². The molecule has 0 heterocycles. The second kappa shape index (κ2) is 6.21. The van der Waals surface area contributed by atoms with Gasteiger partial charge in [-0.2, -0.15) is 0 Å². The van der Waals surface area contributed by atoms with Crippen LogP contribution < -0.4 is 11.1 Å². The Balaban J connectivity index is 4.11. The molecule has 4 heteroatoms. The van der Waals surface area contributed by atoms with Crippen molar-refractivity contribution in [2.45, 2.75) is 58.6 Å². The van der Waals surface area contributed by atoms with Crippen LogP contribution in [0.1, 0.15) is 47.5 Å². The highest BCUT2D eigenvalue weighted by Gasteiger charge is 2.24. The van der Waals surface area contributed by atoms with Crippen LogP contribution in [-0.2, 0) is 9.53 Å². The molecule has 0 bridgehead atoms. The first-order valence-corrected chi connectivity index (χ1v) is 5.87. The standard InChI is InChI=1S/C12H26N2O2/c1-6-12(5,7-8-13)14-10(15)9-16-11(2,3)4/h6-9,13H2,1-5H3,(H,14,15). The van der Waals surface area contributed by atoms with Gasteiger partial charge in [-0.1, -0.05) is 6.92 Å². The summed E-state index contributed by atoms with van der Waals surface area (Å²) in [5, 5.41) is 2.97. The highest BCUT2D eigenvalue weighted by molar-refractivity contribution is 5.78. The van der Waals surface area contributed by atoms with Gasteiger partial charge in [0, 0.05) is 5.54 Å². The van der Waals surface area contributed by atoms with Gasteiger partial charge in [0.15, 0.2) is 0 Å². The van der Waals surface area contributed by atoms with Gasteiger partial charge in [0.1, 0.15) is 6.61 Å². The summed E-state index contributed by atoms with van der Waals surface area (Å²) in [4.78, 5) is 11.7. The molecular weight excluding hydrogens is 204 g/mol. The molecule has 16 heavy (non-hydrogen) atoms. The molecule has 0 saturated carbocycles. The van der Waals surface area contributed by atoms with Gasteiger partial charge in [-0.3, -0.25) is 4.79 Å². The van der Waals surface area contributed by atoms with Gasteiger partial charge in [0.2, 0.25) is 5.91 Å². The highest BCUT2D eigenvalue weighted by atomic mass is 16.5. The number of hydrogen-bond acceptors (Lipinski definition) is 3. The van der Waals surface area contributed by atoms with E-state index in [0.717, 1.165) is 12.8 Å². The summed E-state index contributed by atoms with van der Waals surface area (Å²) < 4.78 is 5.42. The van der Waals surface area contributed by atoms with E-state index in [4.69, 9.17) is 10.5 Å². The number of nitrogens with two attached hydrogens (primary N) is 1. The van der Waals surface area contributed by atoms with E-state index < -0.39 is 0 Å². The lowest BCUT2D eigenvalue weighted by molar-refractivity contribution is -0.132. The van der Waals surface area contributed by atoms with Crippen LogP contribution in [0.5, 0.6) is 0 Å². The number of carbonyl (C=O) groups is 1. The lowest BCUT2D eigenvalue weighted by Crippen LogP contribution is -2.48. The summed E-state index contributed by atoms with van der Waals surface area (Å²) in [6, 6.07) is 0. The maximum Gasteiger partial charge on any atom is 0.246 e. The number of ether oxygens (including phenoxy) is 1. The molecule has 0 spiro atoms. The van der Waals surface area contributed by atoms with E-state index in [0.29, 0.717) is 6.54 Å². The van der Waals surface area contributed by atoms with Crippen LogP contribution >= 0.6 is 0 Å². The molecule has 1 atom stereocenters. The minimum Gasteiger partial charge on any atom is -0.366 e. The SMILES string of the molecule is CCC(C)(CCN)NC(=O)COC(C)(C)C. The molecule has 3 N–H and O–H groups in total. The van der Waals surface area contributed by atoms with Gasteiger partial charge in [-0.15, -0.1) is 0 Å². The number of rotatable bonds is 6. The zero-order valence-electron chi connectivity index (χ0n) is 11.2. The Bertz CT molecular complexity index is 224. The monoisotopic (exact) mass is 230 g/mol. The molecule has 0 aromatic carbocycles. The molecule has 0 aliphatic heterocycles. The van der Waals surface area contributed by atoms with E-state index in [-0.39, 0.29) is 23.7 Å². The number of amides is 1. The number of carbonyl (C=O) groups excluding carboxylic acids is 1. The molecule has 0 aliphatic rings. The van der Waals surface area contributed by atoms with Crippen LogP contribution in [0.3, 0.4) is 0 Å². The second-order valence-electron chi connectivity index (χ2n) is 5.40. The maximum absolute atomic E-state index is 11.7. The van der Waals surface area contributed by atoms with Crippen LogP contribution in [0.2, 0.25) is 0 Å². The fourth-order valence-corrected chi connectivity index (χ4v) is 1.30. The Morgan fingerprint density at radius 2 is 1.88 bits per heavy atom. The summed E-state index contributed by atoms with van der Waals surface area (Å²) in [6.45, 7) is 10.5. The third-order valence-corrected chi connectivity index (χ3v) is 2.55. The molecular formula is C12H26N2O2. The van der Waals surface area contributed by atoms with Gasteiger partial charge >= 0.3 is 0 Å². The van der Waals surface area contributed by atoms with Crippen molar-refractivity contribution in [2.24, 2.45) is 5.73 Å². The predicted molar refractivity (Wildman–Crippen MR) is 66.2 cm³/mol. The van der Waals surface area contributed by atoms with Crippen LogP contribution in [-0.4, -0.2) is 30.2 Å². The van der Waals surface area contributed by atoms with E-state index in [1.54, 1.807) is 0 Å². The first-order valence-electron chi connectivity index (χ1n) is 5.87. The summed E-state index contributed by atoms with van der Waals surface area (Å²) >= 11 is 0. The number of nitrogens with one attached hydrogen (secondary N) is 1. The Morgan fingerprint density at radius 3 is 2.25 bits per heavy atom. The zero-order chi connectivity index (χ0) is 12.8. The third-order valence-electron chi connectivity index (χ3n) is 2.55. The van der Waals surface area contributed by atoms with Crippen molar-refractivity contribution >= 4 is 5.91 Å². The minimum absolute atomic E-state index is 0.0762. The summed E-state index contributed by atoms with van der Waals surface area (Å²) in [7, 11) is 0. The van der Waals surface area contributed by atoms with Gasteiger partial charge in [0.05, 0.1) is 5.60 Å². The van der Waals surface area contributed by atoms with Gasteiger partial charge in [0.25, 0.3) is 0 Å². The summed E-state index contributed by atoms with van der Waals surface area (Å²) in [5.74, 6) is -0.0762. The van der Waals surface area contributed by atoms with Crippen LogP contribution in [0.25, 0.3) is 0 Å². The summed E-state index contributed by atoms with van der Waals surface area (Å²) in [5.41, 5.74) is 5.03. The van der Waals surface area contributed by atoms with E-state index in [1.165, 1.54) is 0 Å². The first kappa shape index (κ1) is 15.4. The smallest absolute Gasteiger partial charge is 0.246 e. The fourth-order valence-electron chi connectivity index (χ4n) is 1.30. The Hall–Kier alpha value is -0.610. The first-order chi connectivity index (χ1) is 7.22. The quantitative estimate of drug-likeness (QED) is 0.725. The molecule has 0 aromatic heterocycles. The van der Waals surface area contributed by atoms with Crippen molar-refractivity contribution in [2.75, 3.05) is 13.2 Å². The lowest BCUT2D eigenvalue weighted by atomic mass is 9.94. The normalized spacial score (nSPS) is 15.6. The second-order valence-corrected chi connectivity index (χ2v) is 5.40. The zero-order valence-corrected chi connectivity index (χ0v) is 11.2. The topological polar surface area (TPSA) is 64.3 Å². The Labute approximate surface area is 98.9 Å². The molecule has 0 radical (unpaired) electrons. The Morgan fingerprint density at radius 1 is 1.31 bits per heavy atom. The molecule has 0 rings (SSSR count). The van der Waals surface area contributed by atoms with Crippen molar-refractivity contribution in [1.82, 2.24) is 5.32 Å². The average Bonchev–Trinajstić information content (AvgIpc) is 2.14. The molecule has 0 saturated heterocycles. The molecule has 1 amide bonds. The Kier molecular flexibility index (Phi) is 5.97. The maximum atomic E-state index is 11.7. The van der Waals surface area contributed by atoms with Crippen LogP contribution in [0, 0.1) is 0 Å². The van der Waals surface area contributed by atoms with Crippen molar-refractivity contribution < 1.29 is 9.53 Å². The molecule has 0 aliphatic carbocycles. The van der Waals surface area contributed by atoms with Crippen molar-refractivity contribution in [3.05, 3.63) is 0 Å². The lowest BCUT2D eigenvalue weighted by Gasteiger charge is -2.30. The number of hydrogen-bond donors (Lipinski definition) is 2. The van der Waals surface area contributed by atoms with E-state index >= 15 is 0 Å². The fraction of sp³-hybridized carbons (Fsp3) is 0.917. The van der Waals surface area contributed by atoms with Crippen LogP contribution in [0.4, 0.5) is 0 Å². The van der Waals surface area contributed by atoms with Crippen molar-refractivity contribution in [3.8, 4) is 0 Å². The molecule has 0 aromatic rings. The minimum atomic E-state index is -0.284. The van der Waals surface area contributed by atoms with E-state index in [9.17, 15) is 4.79 Å². The average molecular weight is 230 g/mol. The van der Waals surface area contributed by atoms with Crippen molar-refractivity contribution in [1.29, 1.82) is 0 Å². The van der Waals surface area contributed by atoms with E-state index in [2.05, 4.69) is 5.32 Å². The third kappa shape index (κ3) is 6.80.